The highest BCUT2D eigenvalue weighted by Crippen LogP contribution is 2.25. The van der Waals surface area contributed by atoms with E-state index in [-0.39, 0.29) is 44.4 Å². The fourth-order valence-electron chi connectivity index (χ4n) is 4.74. The van der Waals surface area contributed by atoms with E-state index in [9.17, 15) is 14.7 Å². The van der Waals surface area contributed by atoms with E-state index >= 15 is 0 Å². The van der Waals surface area contributed by atoms with E-state index in [2.05, 4.69) is 6.92 Å². The van der Waals surface area contributed by atoms with Crippen LogP contribution in [0.1, 0.15) is 162 Å². The third-order valence-corrected chi connectivity index (χ3v) is 7.43. The van der Waals surface area contributed by atoms with E-state index in [1.165, 1.54) is 109 Å². The molecule has 0 fully saturated rings. The Bertz CT molecular complexity index is 521. The highest BCUT2D eigenvalue weighted by atomic mass is 16.5. The lowest BCUT2D eigenvalue weighted by Crippen LogP contribution is -2.39. The summed E-state index contributed by atoms with van der Waals surface area (Å²) in [7, 11) is 0. The third kappa shape index (κ3) is 22.7. The van der Waals surface area contributed by atoms with E-state index in [1.807, 2.05) is 6.92 Å². The summed E-state index contributed by atoms with van der Waals surface area (Å²) in [6, 6.07) is 0. The van der Waals surface area contributed by atoms with Crippen molar-refractivity contribution in [1.82, 2.24) is 0 Å². The minimum atomic E-state index is -0.828. The Morgan fingerprint density at radius 1 is 0.595 bits per heavy atom. The van der Waals surface area contributed by atoms with Gasteiger partial charge in [-0.05, 0) is 6.42 Å². The van der Waals surface area contributed by atoms with Crippen molar-refractivity contribution in [3.8, 4) is 0 Å². The van der Waals surface area contributed by atoms with Crippen molar-refractivity contribution in [2.24, 2.45) is 5.41 Å². The van der Waals surface area contributed by atoms with Crippen molar-refractivity contribution in [2.45, 2.75) is 162 Å². The molecule has 0 heterocycles. The first-order chi connectivity index (χ1) is 18.0. The van der Waals surface area contributed by atoms with Gasteiger partial charge in [0.25, 0.3) is 0 Å². The molecular formula is C32H62O5. The predicted molar refractivity (Wildman–Crippen MR) is 155 cm³/mol. The molecule has 0 spiro atoms. The number of Topliss-reactive ketones (excluding diaryl/α,β-unsaturated/α-hetero) is 1. The Balaban J connectivity index is 3.63. The number of esters is 1. The Hall–Kier alpha value is -0.940. The quantitative estimate of drug-likeness (QED) is 0.0779. The zero-order chi connectivity index (χ0) is 27.5. The number of hydrogen-bond acceptors (Lipinski definition) is 5. The molecule has 0 aliphatic rings. The fraction of sp³-hybridized carbons (Fsp3) is 0.938. The predicted octanol–water partition coefficient (Wildman–Crippen LogP) is 8.74. The van der Waals surface area contributed by atoms with Gasteiger partial charge in [0.15, 0.2) is 0 Å². The molecule has 0 saturated carbocycles. The summed E-state index contributed by atoms with van der Waals surface area (Å²) in [6.45, 7) is 6.48. The maximum absolute atomic E-state index is 12.0. The van der Waals surface area contributed by atoms with Crippen LogP contribution in [0.5, 0.6) is 0 Å². The molecule has 0 amide bonds. The lowest BCUT2D eigenvalue weighted by molar-refractivity contribution is -0.152. The van der Waals surface area contributed by atoms with Crippen LogP contribution in [0, 0.1) is 5.41 Å². The number of ether oxygens (including phenoxy) is 2. The lowest BCUT2D eigenvalue weighted by atomic mass is 9.84. The van der Waals surface area contributed by atoms with Crippen molar-refractivity contribution in [2.75, 3.05) is 26.4 Å². The number of ketones is 1. The molecule has 0 radical (unpaired) electrons. The van der Waals surface area contributed by atoms with Gasteiger partial charge >= 0.3 is 5.97 Å². The summed E-state index contributed by atoms with van der Waals surface area (Å²) < 4.78 is 11.1. The molecule has 5 heteroatoms. The molecule has 220 valence electrons. The molecule has 0 rings (SSSR count). The third-order valence-electron chi connectivity index (χ3n) is 7.43. The largest absolute Gasteiger partial charge is 0.465 e. The van der Waals surface area contributed by atoms with E-state index in [1.54, 1.807) is 6.92 Å². The molecule has 0 aromatic heterocycles. The van der Waals surface area contributed by atoms with Crippen LogP contribution in [0.2, 0.25) is 0 Å². The summed E-state index contributed by atoms with van der Waals surface area (Å²) in [5.74, 6) is -0.269. The molecule has 0 aliphatic heterocycles. The van der Waals surface area contributed by atoms with Crippen molar-refractivity contribution in [1.29, 1.82) is 0 Å². The Labute approximate surface area is 229 Å². The lowest BCUT2D eigenvalue weighted by Gasteiger charge is -2.30. The van der Waals surface area contributed by atoms with Gasteiger partial charge in [-0.1, -0.05) is 136 Å². The van der Waals surface area contributed by atoms with E-state index < -0.39 is 5.41 Å². The van der Waals surface area contributed by atoms with Crippen LogP contribution in [0.3, 0.4) is 0 Å². The van der Waals surface area contributed by atoms with Crippen LogP contribution in [0.4, 0.5) is 0 Å². The van der Waals surface area contributed by atoms with Crippen LogP contribution >= 0.6 is 0 Å². The highest BCUT2D eigenvalue weighted by molar-refractivity contribution is 5.79. The van der Waals surface area contributed by atoms with Gasteiger partial charge in [0.05, 0.1) is 18.6 Å². The number of hydrogen-bond donors (Lipinski definition) is 1. The molecular weight excluding hydrogens is 464 g/mol. The number of unbranched alkanes of at least 4 members (excludes halogenated alkanes) is 18. The van der Waals surface area contributed by atoms with E-state index in [0.29, 0.717) is 13.0 Å². The van der Waals surface area contributed by atoms with E-state index in [0.717, 1.165) is 12.8 Å². The zero-order valence-corrected chi connectivity index (χ0v) is 25.0. The molecule has 0 aliphatic carbocycles. The van der Waals surface area contributed by atoms with Crippen molar-refractivity contribution < 1.29 is 24.2 Å². The number of aliphatic hydroxyl groups excluding tert-OH is 1. The Morgan fingerprint density at radius 2 is 1.03 bits per heavy atom. The van der Waals surface area contributed by atoms with Gasteiger partial charge < -0.3 is 14.6 Å². The summed E-state index contributed by atoms with van der Waals surface area (Å²) in [4.78, 5) is 23.6. The van der Waals surface area contributed by atoms with E-state index in [4.69, 9.17) is 9.47 Å². The average molecular weight is 527 g/mol. The molecule has 0 saturated heterocycles. The molecule has 0 aromatic rings. The summed E-state index contributed by atoms with van der Waals surface area (Å²) in [6.07, 6.45) is 26.6. The molecule has 1 unspecified atom stereocenters. The molecule has 0 bridgehead atoms. The van der Waals surface area contributed by atoms with Gasteiger partial charge in [-0.25, -0.2) is 0 Å². The first-order valence-electron chi connectivity index (χ1n) is 15.9. The molecule has 37 heavy (non-hydrogen) atoms. The fourth-order valence-corrected chi connectivity index (χ4v) is 4.74. The van der Waals surface area contributed by atoms with Crippen LogP contribution < -0.4 is 0 Å². The number of carbonyl (C=O) groups excluding carboxylic acids is 2. The standard InChI is InChI=1S/C32H62O5/c1-4-7-8-9-10-11-12-13-14-15-16-17-18-19-20-21-22-23-24-25-36-28-32(27-33,26-30(34)5-2)29-37-31(35)6-3/h33H,4-29H2,1-3H3. The van der Waals surface area contributed by atoms with Gasteiger partial charge in [0.1, 0.15) is 12.4 Å². The first-order valence-corrected chi connectivity index (χ1v) is 15.9. The second-order valence-electron chi connectivity index (χ2n) is 11.2. The van der Waals surface area contributed by atoms with Crippen LogP contribution in [-0.4, -0.2) is 43.3 Å². The zero-order valence-electron chi connectivity index (χ0n) is 25.0. The van der Waals surface area contributed by atoms with Gasteiger partial charge in [-0.15, -0.1) is 0 Å². The maximum Gasteiger partial charge on any atom is 0.305 e. The SMILES string of the molecule is CCCCCCCCCCCCCCCCCCCCCOCC(CO)(COC(=O)CC)CC(=O)CC. The molecule has 1 N–H and O–H groups in total. The topological polar surface area (TPSA) is 72.8 Å². The van der Waals surface area contributed by atoms with Gasteiger partial charge in [0.2, 0.25) is 0 Å². The number of rotatable bonds is 29. The van der Waals surface area contributed by atoms with Crippen molar-refractivity contribution in [3.05, 3.63) is 0 Å². The minimum Gasteiger partial charge on any atom is -0.465 e. The summed E-state index contributed by atoms with van der Waals surface area (Å²) >= 11 is 0. The maximum atomic E-state index is 12.0. The second-order valence-corrected chi connectivity index (χ2v) is 11.2. The monoisotopic (exact) mass is 526 g/mol. The number of carbonyl (C=O) groups is 2. The Kier molecular flexibility index (Phi) is 26.0. The van der Waals surface area contributed by atoms with Gasteiger partial charge in [-0.3, -0.25) is 9.59 Å². The van der Waals surface area contributed by atoms with Crippen LogP contribution in [0.15, 0.2) is 0 Å². The Morgan fingerprint density at radius 3 is 1.41 bits per heavy atom. The van der Waals surface area contributed by atoms with Gasteiger partial charge in [-0.2, -0.15) is 0 Å². The second kappa shape index (κ2) is 26.7. The molecule has 1 atom stereocenters. The normalized spacial score (nSPS) is 13.0. The number of aliphatic hydroxyl groups is 1. The first kappa shape index (κ1) is 36.1. The van der Waals surface area contributed by atoms with Crippen LogP contribution in [-0.2, 0) is 19.1 Å². The van der Waals surface area contributed by atoms with Crippen LogP contribution in [0.25, 0.3) is 0 Å². The minimum absolute atomic E-state index is 0.0289. The highest BCUT2D eigenvalue weighted by Gasteiger charge is 2.34. The molecule has 0 aromatic carbocycles. The van der Waals surface area contributed by atoms with Crippen molar-refractivity contribution >= 4 is 11.8 Å². The van der Waals surface area contributed by atoms with Gasteiger partial charge in [0, 0.05) is 25.9 Å². The molecule has 5 nitrogen and oxygen atoms in total. The summed E-state index contributed by atoms with van der Waals surface area (Å²) in [5, 5.41) is 9.95. The average Bonchev–Trinajstić information content (AvgIpc) is 2.92. The smallest absolute Gasteiger partial charge is 0.305 e. The van der Waals surface area contributed by atoms with Crippen molar-refractivity contribution in [3.63, 3.8) is 0 Å². The summed E-state index contributed by atoms with van der Waals surface area (Å²) in [5.41, 5.74) is -0.828.